The molecule has 2 aromatic heterocycles. The van der Waals surface area contributed by atoms with Crippen molar-refractivity contribution in [1.82, 2.24) is 24.7 Å². The molecule has 1 unspecified atom stereocenters. The molecule has 2 N–H and O–H groups in total. The minimum atomic E-state index is -4.57. The van der Waals surface area contributed by atoms with Gasteiger partial charge in [0.25, 0.3) is 0 Å². The molecule has 12 heteroatoms. The fourth-order valence-corrected chi connectivity index (χ4v) is 6.24. The van der Waals surface area contributed by atoms with Crippen molar-refractivity contribution in [2.24, 2.45) is 0 Å². The Kier molecular flexibility index (Phi) is 8.45. The normalized spacial score (nSPS) is 17.8. The maximum atomic E-state index is 15.2. The number of anilines is 1. The van der Waals surface area contributed by atoms with Crippen LogP contribution in [0.15, 0.2) is 48.7 Å². The number of hydrogen-bond acceptors (Lipinski definition) is 5. The molecule has 0 spiro atoms. The number of piperazine rings is 1. The second kappa shape index (κ2) is 12.3. The number of carbonyl (C=O) groups excluding carboxylic acids is 1. The number of aryl methyl sites for hydroxylation is 1. The van der Waals surface area contributed by atoms with Gasteiger partial charge in [0.1, 0.15) is 11.4 Å². The van der Waals surface area contributed by atoms with E-state index in [1.807, 2.05) is 24.8 Å². The van der Waals surface area contributed by atoms with Crippen LogP contribution >= 0.6 is 0 Å². The quantitative estimate of drug-likeness (QED) is 0.224. The summed E-state index contributed by atoms with van der Waals surface area (Å²) in [6.07, 6.45) is -3.00. The van der Waals surface area contributed by atoms with Crippen molar-refractivity contribution in [2.45, 2.75) is 46.0 Å². The number of rotatable bonds is 6. The van der Waals surface area contributed by atoms with Gasteiger partial charge in [-0.15, -0.1) is 0 Å². The Morgan fingerprint density at radius 3 is 2.56 bits per heavy atom. The Balaban J connectivity index is 1.18. The van der Waals surface area contributed by atoms with E-state index >= 15 is 4.39 Å². The average molecular weight is 625 g/mol. The van der Waals surface area contributed by atoms with Crippen LogP contribution < -0.4 is 10.1 Å². The molecule has 1 atom stereocenters. The van der Waals surface area contributed by atoms with Crippen molar-refractivity contribution in [3.8, 4) is 11.5 Å². The molecule has 8 nitrogen and oxygen atoms in total. The van der Waals surface area contributed by atoms with Crippen LogP contribution in [-0.2, 0) is 19.3 Å². The van der Waals surface area contributed by atoms with Crippen LogP contribution in [-0.4, -0.2) is 70.0 Å². The summed E-state index contributed by atoms with van der Waals surface area (Å²) in [5.41, 5.74) is 2.46. The Labute approximate surface area is 259 Å². The first-order valence-corrected chi connectivity index (χ1v) is 15.1. The van der Waals surface area contributed by atoms with Gasteiger partial charge in [-0.3, -0.25) is 4.90 Å². The first-order chi connectivity index (χ1) is 21.5. The van der Waals surface area contributed by atoms with Gasteiger partial charge in [-0.25, -0.2) is 14.2 Å². The summed E-state index contributed by atoms with van der Waals surface area (Å²) >= 11 is 0. The molecule has 2 aliphatic rings. The predicted molar refractivity (Wildman–Crippen MR) is 164 cm³/mol. The molecule has 6 rings (SSSR count). The number of pyridine rings is 1. The van der Waals surface area contributed by atoms with E-state index < -0.39 is 23.6 Å². The van der Waals surface area contributed by atoms with Gasteiger partial charge in [0.15, 0.2) is 11.6 Å². The minimum Gasteiger partial charge on any atom is -0.453 e. The zero-order valence-corrected chi connectivity index (χ0v) is 25.5. The molecule has 4 heterocycles. The van der Waals surface area contributed by atoms with Crippen molar-refractivity contribution in [2.75, 3.05) is 44.6 Å². The third-order valence-corrected chi connectivity index (χ3v) is 8.69. The summed E-state index contributed by atoms with van der Waals surface area (Å²) in [5, 5.41) is 3.37. The molecule has 45 heavy (non-hydrogen) atoms. The van der Waals surface area contributed by atoms with Crippen LogP contribution in [0.3, 0.4) is 0 Å². The number of hydrogen-bond donors (Lipinski definition) is 2. The molecule has 4 aromatic rings. The Morgan fingerprint density at radius 1 is 1.07 bits per heavy atom. The highest BCUT2D eigenvalue weighted by Gasteiger charge is 2.35. The van der Waals surface area contributed by atoms with E-state index in [-0.39, 0.29) is 42.6 Å². The van der Waals surface area contributed by atoms with Crippen LogP contribution in [0.2, 0.25) is 0 Å². The molecule has 0 radical (unpaired) electrons. The van der Waals surface area contributed by atoms with Crippen molar-refractivity contribution >= 4 is 22.8 Å². The van der Waals surface area contributed by atoms with Crippen molar-refractivity contribution in [3.63, 3.8) is 0 Å². The Morgan fingerprint density at radius 2 is 1.82 bits per heavy atom. The summed E-state index contributed by atoms with van der Waals surface area (Å²) < 4.78 is 63.6. The third-order valence-electron chi connectivity index (χ3n) is 8.69. The number of urea groups is 1. The molecule has 2 aromatic carbocycles. The number of halogens is 4. The molecule has 238 valence electrons. The van der Waals surface area contributed by atoms with Crippen molar-refractivity contribution in [3.05, 3.63) is 82.4 Å². The van der Waals surface area contributed by atoms with E-state index in [2.05, 4.69) is 27.1 Å². The van der Waals surface area contributed by atoms with E-state index in [0.717, 1.165) is 37.0 Å². The molecule has 2 aliphatic heterocycles. The SMILES string of the molecule is CCN1CCN(Cc2ccc(NC(=O)N3Cc4cc(Oc5ccnc6[nH]c(C)cc56)c(F)cc4C(C)C3)cc2C(F)(F)F)CC1. The molecule has 1 saturated heterocycles. The van der Waals surface area contributed by atoms with Crippen molar-refractivity contribution < 1.29 is 27.1 Å². The monoisotopic (exact) mass is 624 g/mol. The number of ether oxygens (including phenoxy) is 1. The van der Waals surface area contributed by atoms with Crippen molar-refractivity contribution in [1.29, 1.82) is 0 Å². The molecule has 0 aliphatic carbocycles. The molecule has 2 amide bonds. The van der Waals surface area contributed by atoms with Gasteiger partial charge in [0, 0.05) is 63.4 Å². The summed E-state index contributed by atoms with van der Waals surface area (Å²) in [7, 11) is 0. The second-order valence-electron chi connectivity index (χ2n) is 11.9. The number of fused-ring (bicyclic) bond motifs is 2. The highest BCUT2D eigenvalue weighted by Crippen LogP contribution is 2.38. The summed E-state index contributed by atoms with van der Waals surface area (Å²) in [6.45, 7) is 10.4. The Bertz CT molecular complexity index is 1710. The van der Waals surface area contributed by atoms with Crippen LogP contribution in [0.5, 0.6) is 11.5 Å². The smallest absolute Gasteiger partial charge is 0.416 e. The topological polar surface area (TPSA) is 76.7 Å². The fourth-order valence-electron chi connectivity index (χ4n) is 6.24. The average Bonchev–Trinajstić information content (AvgIpc) is 3.39. The lowest BCUT2D eigenvalue weighted by Crippen LogP contribution is -2.45. The lowest BCUT2D eigenvalue weighted by atomic mass is 9.91. The molecule has 0 saturated carbocycles. The van der Waals surface area contributed by atoms with E-state index in [1.54, 1.807) is 18.3 Å². The number of alkyl halides is 3. The van der Waals surface area contributed by atoms with E-state index in [0.29, 0.717) is 35.4 Å². The highest BCUT2D eigenvalue weighted by molar-refractivity contribution is 5.90. The lowest BCUT2D eigenvalue weighted by molar-refractivity contribution is -0.138. The predicted octanol–water partition coefficient (Wildman–Crippen LogP) is 7.11. The van der Waals surface area contributed by atoms with E-state index in [9.17, 15) is 18.0 Å². The summed E-state index contributed by atoms with van der Waals surface area (Å²) in [6, 6.07) is 9.99. The number of carbonyl (C=O) groups is 1. The maximum Gasteiger partial charge on any atom is 0.416 e. The zero-order chi connectivity index (χ0) is 31.9. The fraction of sp³-hybridized carbons (Fsp3) is 0.394. The molecule has 0 bridgehead atoms. The zero-order valence-electron chi connectivity index (χ0n) is 25.5. The maximum absolute atomic E-state index is 15.2. The summed E-state index contributed by atoms with van der Waals surface area (Å²) in [5.74, 6) is -0.281. The van der Waals surface area contributed by atoms with Crippen LogP contribution in [0.1, 0.15) is 47.7 Å². The molecular weight excluding hydrogens is 588 g/mol. The number of amides is 2. The standard InChI is InChI=1S/C33H36F4N6O2/c1-4-41-9-11-42(12-10-41)18-22-5-6-24(15-27(22)33(35,36)37)40-32(44)43-17-20(2)25-16-28(34)30(14-23(25)19-43)45-29-7-8-38-31-26(29)13-21(3)39-31/h5-8,13-16,20H,4,9-12,17-19H2,1-3H3,(H,38,39)(H,40,44). The van der Waals surface area contributed by atoms with Gasteiger partial charge < -0.3 is 24.8 Å². The first-order valence-electron chi connectivity index (χ1n) is 15.1. The third kappa shape index (κ3) is 6.62. The van der Waals surface area contributed by atoms with Crippen LogP contribution in [0.25, 0.3) is 11.0 Å². The number of benzene rings is 2. The molecular formula is C33H36F4N6O2. The van der Waals surface area contributed by atoms with Gasteiger partial charge in [0.2, 0.25) is 0 Å². The van der Waals surface area contributed by atoms with E-state index in [1.165, 1.54) is 23.1 Å². The van der Waals surface area contributed by atoms with Gasteiger partial charge in [-0.2, -0.15) is 13.2 Å². The van der Waals surface area contributed by atoms with Gasteiger partial charge in [0.05, 0.1) is 10.9 Å². The second-order valence-corrected chi connectivity index (χ2v) is 11.9. The highest BCUT2D eigenvalue weighted by atomic mass is 19.4. The first kappa shape index (κ1) is 30.8. The number of nitrogens with zero attached hydrogens (tertiary/aromatic N) is 4. The molecule has 1 fully saturated rings. The number of nitrogens with one attached hydrogen (secondary N) is 2. The number of likely N-dealkylation sites (N-methyl/N-ethyl adjacent to an activating group) is 1. The lowest BCUT2D eigenvalue weighted by Gasteiger charge is -2.34. The number of H-pyrrole nitrogens is 1. The summed E-state index contributed by atoms with van der Waals surface area (Å²) in [4.78, 5) is 26.6. The van der Waals surface area contributed by atoms with E-state index in [4.69, 9.17) is 4.74 Å². The number of aromatic amines is 1. The number of aromatic nitrogens is 2. The largest absolute Gasteiger partial charge is 0.453 e. The van der Waals surface area contributed by atoms with Crippen LogP contribution in [0, 0.1) is 12.7 Å². The minimum absolute atomic E-state index is 0.0103. The van der Waals surface area contributed by atoms with Gasteiger partial charge in [-0.05, 0) is 72.5 Å². The van der Waals surface area contributed by atoms with Gasteiger partial charge >= 0.3 is 12.2 Å². The van der Waals surface area contributed by atoms with Crippen LogP contribution in [0.4, 0.5) is 28.0 Å². The van der Waals surface area contributed by atoms with Gasteiger partial charge in [-0.1, -0.05) is 19.9 Å². The Hall–Kier alpha value is -4.16.